The van der Waals surface area contributed by atoms with Crippen LogP contribution in [0.25, 0.3) is 11.1 Å². The van der Waals surface area contributed by atoms with Crippen LogP contribution in [0.4, 0.5) is 0 Å². The molecule has 2 aromatic rings. The summed E-state index contributed by atoms with van der Waals surface area (Å²) < 4.78 is 0. The standard InChI is InChI=1S/C30H40N2O2/c1-21-3-15-27(16-4-21)31-29(33)19-23-7-11-25(12-8-23)26-13-9-24(10-14-26)20-30(34)32-28-17-5-22(2)6-18-28/h7-14,21-22,27-28H,3-6,15-20H2,1-2H3,(H,31,33)(H,32,34). The first-order chi connectivity index (χ1) is 16.4. The highest BCUT2D eigenvalue weighted by Crippen LogP contribution is 2.25. The van der Waals surface area contributed by atoms with Crippen LogP contribution in [-0.2, 0) is 22.4 Å². The van der Waals surface area contributed by atoms with Gasteiger partial charge in [-0.15, -0.1) is 0 Å². The van der Waals surface area contributed by atoms with Crippen LogP contribution in [0.1, 0.15) is 76.3 Å². The van der Waals surface area contributed by atoms with E-state index < -0.39 is 0 Å². The first kappa shape index (κ1) is 24.5. The lowest BCUT2D eigenvalue weighted by Crippen LogP contribution is -2.38. The Morgan fingerprint density at radius 1 is 0.588 bits per heavy atom. The lowest BCUT2D eigenvalue weighted by atomic mass is 9.87. The minimum atomic E-state index is 0.123. The van der Waals surface area contributed by atoms with E-state index in [2.05, 4.69) is 48.7 Å². The Morgan fingerprint density at radius 3 is 1.24 bits per heavy atom. The van der Waals surface area contributed by atoms with Crippen molar-refractivity contribution in [1.29, 1.82) is 0 Å². The lowest BCUT2D eigenvalue weighted by molar-refractivity contribution is -0.122. The van der Waals surface area contributed by atoms with E-state index >= 15 is 0 Å². The number of carbonyl (C=O) groups excluding carboxylic acids is 2. The molecule has 0 radical (unpaired) electrons. The molecule has 2 aliphatic rings. The van der Waals surface area contributed by atoms with Gasteiger partial charge >= 0.3 is 0 Å². The van der Waals surface area contributed by atoms with Gasteiger partial charge in [-0.3, -0.25) is 9.59 Å². The summed E-state index contributed by atoms with van der Waals surface area (Å²) in [5.74, 6) is 1.82. The zero-order valence-corrected chi connectivity index (χ0v) is 20.8. The van der Waals surface area contributed by atoms with E-state index in [1.54, 1.807) is 0 Å². The number of rotatable bonds is 7. The molecule has 0 heterocycles. The lowest BCUT2D eigenvalue weighted by Gasteiger charge is -2.27. The molecule has 0 bridgehead atoms. The van der Waals surface area contributed by atoms with Crippen LogP contribution in [-0.4, -0.2) is 23.9 Å². The zero-order valence-electron chi connectivity index (χ0n) is 20.8. The van der Waals surface area contributed by atoms with Gasteiger partial charge in [-0.05, 0) is 85.5 Å². The highest BCUT2D eigenvalue weighted by Gasteiger charge is 2.20. The van der Waals surface area contributed by atoms with Crippen molar-refractivity contribution in [3.05, 3.63) is 59.7 Å². The Morgan fingerprint density at radius 2 is 0.912 bits per heavy atom. The summed E-state index contributed by atoms with van der Waals surface area (Å²) in [6.45, 7) is 4.59. The summed E-state index contributed by atoms with van der Waals surface area (Å²) in [6, 6.07) is 17.2. The van der Waals surface area contributed by atoms with Gasteiger partial charge in [-0.25, -0.2) is 0 Å². The minimum Gasteiger partial charge on any atom is -0.353 e. The quantitative estimate of drug-likeness (QED) is 0.546. The van der Waals surface area contributed by atoms with Crippen molar-refractivity contribution >= 4 is 11.8 Å². The summed E-state index contributed by atoms with van der Waals surface area (Å²) in [5.41, 5.74) is 4.32. The van der Waals surface area contributed by atoms with E-state index in [1.807, 2.05) is 24.3 Å². The van der Waals surface area contributed by atoms with Crippen LogP contribution in [0.15, 0.2) is 48.5 Å². The molecule has 4 rings (SSSR count). The fourth-order valence-electron chi connectivity index (χ4n) is 5.37. The van der Waals surface area contributed by atoms with Gasteiger partial charge in [-0.1, -0.05) is 62.4 Å². The van der Waals surface area contributed by atoms with Gasteiger partial charge in [0.05, 0.1) is 12.8 Å². The maximum Gasteiger partial charge on any atom is 0.224 e. The van der Waals surface area contributed by atoms with Crippen LogP contribution >= 0.6 is 0 Å². The van der Waals surface area contributed by atoms with Crippen molar-refractivity contribution in [3.63, 3.8) is 0 Å². The van der Waals surface area contributed by atoms with E-state index in [1.165, 1.54) is 25.7 Å². The van der Waals surface area contributed by atoms with E-state index in [9.17, 15) is 9.59 Å². The van der Waals surface area contributed by atoms with Crippen LogP contribution in [0.5, 0.6) is 0 Å². The molecule has 4 nitrogen and oxygen atoms in total. The molecular formula is C30H40N2O2. The molecular weight excluding hydrogens is 420 g/mol. The smallest absolute Gasteiger partial charge is 0.224 e. The van der Waals surface area contributed by atoms with Gasteiger partial charge in [0, 0.05) is 12.1 Å². The topological polar surface area (TPSA) is 58.2 Å². The van der Waals surface area contributed by atoms with Gasteiger partial charge in [0.2, 0.25) is 11.8 Å². The Labute approximate surface area is 204 Å². The van der Waals surface area contributed by atoms with Crippen molar-refractivity contribution in [2.45, 2.75) is 90.1 Å². The van der Waals surface area contributed by atoms with Crippen molar-refractivity contribution in [1.82, 2.24) is 10.6 Å². The molecule has 4 heteroatoms. The van der Waals surface area contributed by atoms with Gasteiger partial charge in [0.25, 0.3) is 0 Å². The van der Waals surface area contributed by atoms with Gasteiger partial charge in [0.15, 0.2) is 0 Å². The number of hydrogen-bond acceptors (Lipinski definition) is 2. The summed E-state index contributed by atoms with van der Waals surface area (Å²) in [7, 11) is 0. The normalized spacial score (nSPS) is 24.9. The van der Waals surface area contributed by atoms with Crippen LogP contribution in [0, 0.1) is 11.8 Å². The Kier molecular flexibility index (Phi) is 8.42. The number of hydrogen-bond donors (Lipinski definition) is 2. The van der Waals surface area contributed by atoms with E-state index in [0.29, 0.717) is 24.9 Å². The molecule has 0 aromatic heterocycles. The van der Waals surface area contributed by atoms with E-state index in [4.69, 9.17) is 0 Å². The zero-order chi connectivity index (χ0) is 23.9. The fraction of sp³-hybridized carbons (Fsp3) is 0.533. The molecule has 0 unspecified atom stereocenters. The van der Waals surface area contributed by atoms with Crippen molar-refractivity contribution in [2.75, 3.05) is 0 Å². The highest BCUT2D eigenvalue weighted by atomic mass is 16.2. The van der Waals surface area contributed by atoms with Crippen molar-refractivity contribution in [3.8, 4) is 11.1 Å². The van der Waals surface area contributed by atoms with Crippen molar-refractivity contribution < 1.29 is 9.59 Å². The Hall–Kier alpha value is -2.62. The van der Waals surface area contributed by atoms with Crippen molar-refractivity contribution in [2.24, 2.45) is 11.8 Å². The molecule has 2 saturated carbocycles. The third-order valence-corrected chi connectivity index (χ3v) is 7.73. The van der Waals surface area contributed by atoms with Gasteiger partial charge in [-0.2, -0.15) is 0 Å². The first-order valence-corrected chi connectivity index (χ1v) is 13.2. The van der Waals surface area contributed by atoms with E-state index in [-0.39, 0.29) is 11.8 Å². The maximum atomic E-state index is 12.4. The third kappa shape index (κ3) is 7.19. The molecule has 0 spiro atoms. The molecule has 182 valence electrons. The Balaban J connectivity index is 1.25. The first-order valence-electron chi connectivity index (χ1n) is 13.2. The molecule has 2 N–H and O–H groups in total. The number of carbonyl (C=O) groups is 2. The molecule has 0 atom stereocenters. The van der Waals surface area contributed by atoms with Crippen LogP contribution in [0.3, 0.4) is 0 Å². The maximum absolute atomic E-state index is 12.4. The molecule has 2 aromatic carbocycles. The van der Waals surface area contributed by atoms with Crippen LogP contribution in [0.2, 0.25) is 0 Å². The largest absolute Gasteiger partial charge is 0.353 e. The molecule has 34 heavy (non-hydrogen) atoms. The summed E-state index contributed by atoms with van der Waals surface area (Å²) in [4.78, 5) is 24.9. The third-order valence-electron chi connectivity index (χ3n) is 7.73. The second-order valence-corrected chi connectivity index (χ2v) is 10.8. The number of amides is 2. The van der Waals surface area contributed by atoms with Gasteiger partial charge < -0.3 is 10.6 Å². The highest BCUT2D eigenvalue weighted by molar-refractivity contribution is 5.80. The number of benzene rings is 2. The second-order valence-electron chi connectivity index (χ2n) is 10.8. The average Bonchev–Trinajstić information content (AvgIpc) is 2.83. The summed E-state index contributed by atoms with van der Waals surface area (Å²) in [5, 5.41) is 6.42. The summed E-state index contributed by atoms with van der Waals surface area (Å²) >= 11 is 0. The molecule has 2 amide bonds. The fourth-order valence-corrected chi connectivity index (χ4v) is 5.37. The number of nitrogens with one attached hydrogen (secondary N) is 2. The predicted molar refractivity (Wildman–Crippen MR) is 138 cm³/mol. The summed E-state index contributed by atoms with van der Waals surface area (Å²) in [6.07, 6.45) is 10.1. The van der Waals surface area contributed by atoms with E-state index in [0.717, 1.165) is 59.8 Å². The molecule has 2 fully saturated rings. The Bertz CT molecular complexity index is 855. The average molecular weight is 461 g/mol. The molecule has 2 aliphatic carbocycles. The SMILES string of the molecule is CC1CCC(NC(=O)Cc2ccc(-c3ccc(CC(=O)NC4CCC(C)CC4)cc3)cc2)CC1. The minimum absolute atomic E-state index is 0.123. The van der Waals surface area contributed by atoms with Gasteiger partial charge in [0.1, 0.15) is 0 Å². The second kappa shape index (κ2) is 11.7. The predicted octanol–water partition coefficient (Wildman–Crippen LogP) is 5.83. The molecule has 0 saturated heterocycles. The monoisotopic (exact) mass is 460 g/mol. The molecule has 0 aliphatic heterocycles. The van der Waals surface area contributed by atoms with Crippen LogP contribution < -0.4 is 10.6 Å².